The molecule has 1 aromatic heterocycles. The van der Waals surface area contributed by atoms with Gasteiger partial charge in [0.2, 0.25) is 0 Å². The zero-order chi connectivity index (χ0) is 18.0. The van der Waals surface area contributed by atoms with Crippen molar-refractivity contribution in [3.8, 4) is 11.1 Å². The average molecular weight is 359 g/mol. The Morgan fingerprint density at radius 3 is 2.60 bits per heavy atom. The normalized spacial score (nSPS) is 10.8. The molecule has 0 fully saturated rings. The molecule has 25 heavy (non-hydrogen) atoms. The molecule has 7 heteroatoms. The second-order valence-corrected chi connectivity index (χ2v) is 5.98. The third kappa shape index (κ3) is 3.25. The van der Waals surface area contributed by atoms with Gasteiger partial charge >= 0.3 is 0 Å². The van der Waals surface area contributed by atoms with Crippen molar-refractivity contribution in [2.45, 2.75) is 13.3 Å². The Balaban J connectivity index is 2.17. The molecule has 0 saturated carbocycles. The minimum atomic E-state index is -0.452. The molecule has 2 aromatic carbocycles. The number of hydrogen-bond donors (Lipinski definition) is 2. The summed E-state index contributed by atoms with van der Waals surface area (Å²) in [5.74, 6) is -0.849. The zero-order valence-electron chi connectivity index (χ0n) is 13.5. The maximum atomic E-state index is 14.4. The van der Waals surface area contributed by atoms with Gasteiger partial charge in [0.25, 0.3) is 5.91 Å². The Hall–Kier alpha value is -2.73. The fourth-order valence-corrected chi connectivity index (χ4v) is 2.68. The van der Waals surface area contributed by atoms with E-state index in [1.165, 1.54) is 12.1 Å². The molecular weight excluding hydrogens is 343 g/mol. The lowest BCUT2D eigenvalue weighted by Gasteiger charge is -2.11. The Bertz CT molecular complexity index is 944. The van der Waals surface area contributed by atoms with Crippen LogP contribution in [0.25, 0.3) is 22.0 Å². The Morgan fingerprint density at radius 1 is 1.20 bits per heavy atom. The Labute approximate surface area is 149 Å². The first-order chi connectivity index (χ1) is 12.0. The molecular formula is C18H16ClFN4O. The lowest BCUT2D eigenvalue weighted by atomic mass is 10.0. The number of nitrogens with zero attached hydrogens (tertiary/aromatic N) is 2. The highest BCUT2D eigenvalue weighted by molar-refractivity contribution is 6.30. The number of nitrogens with one attached hydrogen (secondary N) is 1. The number of nitrogens with two attached hydrogens (primary N) is 1. The molecule has 5 nitrogen and oxygen atoms in total. The quantitative estimate of drug-likeness (QED) is 0.743. The van der Waals surface area contributed by atoms with Crippen molar-refractivity contribution in [1.29, 1.82) is 0 Å². The van der Waals surface area contributed by atoms with E-state index in [1.807, 2.05) is 6.92 Å². The van der Waals surface area contributed by atoms with Crippen LogP contribution in [0.1, 0.15) is 23.8 Å². The van der Waals surface area contributed by atoms with Crippen molar-refractivity contribution in [3.05, 3.63) is 52.9 Å². The van der Waals surface area contributed by atoms with E-state index in [2.05, 4.69) is 15.5 Å². The van der Waals surface area contributed by atoms with Crippen molar-refractivity contribution in [3.63, 3.8) is 0 Å². The van der Waals surface area contributed by atoms with Gasteiger partial charge in [0, 0.05) is 22.5 Å². The van der Waals surface area contributed by atoms with Crippen LogP contribution >= 0.6 is 11.6 Å². The topological polar surface area (TPSA) is 80.9 Å². The first-order valence-electron chi connectivity index (χ1n) is 7.81. The second-order valence-electron chi connectivity index (χ2n) is 5.54. The largest absolute Gasteiger partial charge is 0.396 e. The van der Waals surface area contributed by atoms with Gasteiger partial charge in [-0.25, -0.2) is 4.39 Å². The molecule has 0 unspecified atom stereocenters. The number of benzene rings is 2. The maximum absolute atomic E-state index is 14.4. The first-order valence-corrected chi connectivity index (χ1v) is 8.19. The number of carbonyl (C=O) groups excluding carboxylic acids is 1. The monoisotopic (exact) mass is 358 g/mol. The minimum absolute atomic E-state index is 0.0367. The van der Waals surface area contributed by atoms with Crippen molar-refractivity contribution in [2.24, 2.45) is 0 Å². The summed E-state index contributed by atoms with van der Waals surface area (Å²) in [5, 5.41) is 11.7. The van der Waals surface area contributed by atoms with Gasteiger partial charge in [0.1, 0.15) is 11.3 Å². The molecule has 128 valence electrons. The molecule has 0 spiro atoms. The number of halogens is 2. The summed E-state index contributed by atoms with van der Waals surface area (Å²) in [6, 6.07) is 9.53. The molecule has 0 atom stereocenters. The number of fused-ring (bicyclic) bond motifs is 1. The lowest BCUT2D eigenvalue weighted by molar-refractivity contribution is 0.0949. The fourth-order valence-electron chi connectivity index (χ4n) is 2.55. The average Bonchev–Trinajstić information content (AvgIpc) is 2.61. The van der Waals surface area contributed by atoms with Gasteiger partial charge in [-0.2, -0.15) is 0 Å². The van der Waals surface area contributed by atoms with Gasteiger partial charge < -0.3 is 11.1 Å². The van der Waals surface area contributed by atoms with Crippen LogP contribution in [-0.4, -0.2) is 22.6 Å². The highest BCUT2D eigenvalue weighted by atomic mass is 35.5. The van der Waals surface area contributed by atoms with Gasteiger partial charge in [-0.1, -0.05) is 30.7 Å². The first kappa shape index (κ1) is 17.1. The number of nitrogen functional groups attached to an aromatic ring is 1. The van der Waals surface area contributed by atoms with E-state index < -0.39 is 11.7 Å². The van der Waals surface area contributed by atoms with Crippen LogP contribution in [0.15, 0.2) is 36.4 Å². The van der Waals surface area contributed by atoms with Gasteiger partial charge in [-0.05, 0) is 36.2 Å². The molecule has 3 N–H and O–H groups in total. The Morgan fingerprint density at radius 2 is 1.92 bits per heavy atom. The molecule has 3 aromatic rings. The summed E-state index contributed by atoms with van der Waals surface area (Å²) in [7, 11) is 0. The predicted molar refractivity (Wildman–Crippen MR) is 97.0 cm³/mol. The number of aromatic nitrogens is 2. The van der Waals surface area contributed by atoms with Crippen molar-refractivity contribution in [2.75, 3.05) is 12.3 Å². The van der Waals surface area contributed by atoms with Crippen LogP contribution in [0, 0.1) is 5.82 Å². The van der Waals surface area contributed by atoms with Gasteiger partial charge in [0.15, 0.2) is 5.69 Å². The second kappa shape index (κ2) is 7.03. The van der Waals surface area contributed by atoms with Crippen LogP contribution in [0.2, 0.25) is 5.02 Å². The summed E-state index contributed by atoms with van der Waals surface area (Å²) in [5.41, 5.74) is 7.49. The van der Waals surface area contributed by atoms with Crippen LogP contribution in [-0.2, 0) is 0 Å². The van der Waals surface area contributed by atoms with Crippen LogP contribution in [0.3, 0.4) is 0 Å². The molecule has 0 aliphatic heterocycles. The Kier molecular flexibility index (Phi) is 4.81. The molecule has 0 aliphatic rings. The van der Waals surface area contributed by atoms with Gasteiger partial charge in [-0.15, -0.1) is 10.2 Å². The molecule has 1 heterocycles. The summed E-state index contributed by atoms with van der Waals surface area (Å²) >= 11 is 5.89. The number of anilines is 1. The van der Waals surface area contributed by atoms with E-state index in [9.17, 15) is 9.18 Å². The molecule has 0 radical (unpaired) electrons. The van der Waals surface area contributed by atoms with Gasteiger partial charge in [0.05, 0.1) is 5.69 Å². The van der Waals surface area contributed by atoms with E-state index in [1.54, 1.807) is 24.3 Å². The molecule has 0 aliphatic carbocycles. The van der Waals surface area contributed by atoms with E-state index in [0.717, 1.165) is 6.42 Å². The summed E-state index contributed by atoms with van der Waals surface area (Å²) in [6.45, 7) is 2.45. The van der Waals surface area contributed by atoms with Crippen molar-refractivity contribution < 1.29 is 9.18 Å². The van der Waals surface area contributed by atoms with E-state index in [4.69, 9.17) is 17.3 Å². The molecule has 3 rings (SSSR count). The maximum Gasteiger partial charge on any atom is 0.273 e. The third-order valence-corrected chi connectivity index (χ3v) is 4.06. The van der Waals surface area contributed by atoms with Crippen molar-refractivity contribution in [1.82, 2.24) is 15.5 Å². The number of amides is 1. The number of carbonyl (C=O) groups is 1. The third-order valence-electron chi connectivity index (χ3n) is 3.81. The minimum Gasteiger partial charge on any atom is -0.396 e. The van der Waals surface area contributed by atoms with E-state index in [0.29, 0.717) is 28.0 Å². The standard InChI is InChI=1S/C18H16ClFN4O/c1-2-9-22-18(25)17-15(21)12-7-8-13(20)14(16(12)23-24-17)10-3-5-11(19)6-4-10/h3-8H,2,9H2,1H3,(H2,21,23)(H,22,25). The number of rotatable bonds is 4. The van der Waals surface area contributed by atoms with E-state index >= 15 is 0 Å². The smallest absolute Gasteiger partial charge is 0.273 e. The van der Waals surface area contributed by atoms with Crippen LogP contribution < -0.4 is 11.1 Å². The molecule has 1 amide bonds. The highest BCUT2D eigenvalue weighted by Crippen LogP contribution is 2.33. The highest BCUT2D eigenvalue weighted by Gasteiger charge is 2.19. The lowest BCUT2D eigenvalue weighted by Crippen LogP contribution is -2.26. The van der Waals surface area contributed by atoms with Crippen LogP contribution in [0.4, 0.5) is 10.1 Å². The summed E-state index contributed by atoms with van der Waals surface area (Å²) < 4.78 is 14.4. The van der Waals surface area contributed by atoms with Crippen molar-refractivity contribution >= 4 is 34.1 Å². The molecule has 0 bridgehead atoms. The van der Waals surface area contributed by atoms with Crippen LogP contribution in [0.5, 0.6) is 0 Å². The summed E-state index contributed by atoms with van der Waals surface area (Å²) in [4.78, 5) is 12.1. The zero-order valence-corrected chi connectivity index (χ0v) is 14.3. The van der Waals surface area contributed by atoms with Gasteiger partial charge in [-0.3, -0.25) is 4.79 Å². The number of hydrogen-bond acceptors (Lipinski definition) is 4. The summed E-state index contributed by atoms with van der Waals surface area (Å²) in [6.07, 6.45) is 0.790. The SMILES string of the molecule is CCCNC(=O)c1nnc2c(-c3ccc(Cl)cc3)c(F)ccc2c1N. The predicted octanol–water partition coefficient (Wildman–Crippen LogP) is 3.81. The van der Waals surface area contributed by atoms with E-state index in [-0.39, 0.29) is 16.9 Å². The molecule has 0 saturated heterocycles. The fraction of sp³-hybridized carbons (Fsp3) is 0.167.